The van der Waals surface area contributed by atoms with Crippen molar-refractivity contribution in [1.29, 1.82) is 0 Å². The number of carbonyl (C=O) groups is 1. The van der Waals surface area contributed by atoms with Crippen LogP contribution in [0.3, 0.4) is 0 Å². The third-order valence-corrected chi connectivity index (χ3v) is 6.02. The normalized spacial score (nSPS) is 15.2. The zero-order valence-electron chi connectivity index (χ0n) is 16.7. The van der Waals surface area contributed by atoms with Crippen LogP contribution < -0.4 is 4.74 Å². The first-order valence-electron chi connectivity index (χ1n) is 9.83. The zero-order chi connectivity index (χ0) is 21.4. The Morgan fingerprint density at radius 3 is 2.55 bits per heavy atom. The minimum Gasteiger partial charge on any atom is -0.497 e. The number of fused-ring (bicyclic) bond motifs is 1. The molecule has 1 atom stereocenters. The third-order valence-electron chi connectivity index (χ3n) is 5.49. The molecule has 3 heterocycles. The monoisotopic (exact) mass is 474 g/mol. The van der Waals surface area contributed by atoms with E-state index in [-0.39, 0.29) is 11.9 Å². The van der Waals surface area contributed by atoms with E-state index in [1.807, 2.05) is 65.6 Å². The lowest BCUT2D eigenvalue weighted by molar-refractivity contribution is 0.0730. The molecule has 2 aromatic carbocycles. The molecule has 4 aromatic rings. The molecular formula is C24H19BrN4O2. The molecule has 31 heavy (non-hydrogen) atoms. The van der Waals surface area contributed by atoms with Gasteiger partial charge in [0.05, 0.1) is 18.8 Å². The summed E-state index contributed by atoms with van der Waals surface area (Å²) >= 11 is 3.50. The maximum absolute atomic E-state index is 13.4. The molecule has 1 aliphatic rings. The summed E-state index contributed by atoms with van der Waals surface area (Å²) in [7, 11) is 1.64. The van der Waals surface area contributed by atoms with Crippen LogP contribution in [0.15, 0.2) is 77.5 Å². The van der Waals surface area contributed by atoms with E-state index in [2.05, 4.69) is 31.1 Å². The molecule has 154 valence electrons. The minimum atomic E-state index is -0.258. The van der Waals surface area contributed by atoms with Gasteiger partial charge in [0.15, 0.2) is 0 Å². The summed E-state index contributed by atoms with van der Waals surface area (Å²) in [5, 5.41) is 7.51. The van der Waals surface area contributed by atoms with Crippen molar-refractivity contribution in [3.05, 3.63) is 99.9 Å². The second kappa shape index (κ2) is 8.00. The maximum Gasteiger partial charge on any atom is 0.273 e. The Labute approximate surface area is 188 Å². The summed E-state index contributed by atoms with van der Waals surface area (Å²) in [6.45, 7) is 0.456. The second-order valence-electron chi connectivity index (χ2n) is 7.34. The van der Waals surface area contributed by atoms with Crippen molar-refractivity contribution in [1.82, 2.24) is 20.1 Å². The van der Waals surface area contributed by atoms with E-state index >= 15 is 0 Å². The Kier molecular flexibility index (Phi) is 5.03. The summed E-state index contributed by atoms with van der Waals surface area (Å²) < 4.78 is 6.27. The van der Waals surface area contributed by atoms with Gasteiger partial charge in [-0.1, -0.05) is 34.1 Å². The summed E-state index contributed by atoms with van der Waals surface area (Å²) in [5.41, 5.74) is 5.12. The number of ether oxygens (including phenoxy) is 1. The van der Waals surface area contributed by atoms with Crippen LogP contribution in [0.5, 0.6) is 5.75 Å². The van der Waals surface area contributed by atoms with Crippen LogP contribution in [0.25, 0.3) is 11.3 Å². The Bertz CT molecular complexity index is 1220. The highest BCUT2D eigenvalue weighted by atomic mass is 79.9. The van der Waals surface area contributed by atoms with E-state index in [4.69, 9.17) is 4.74 Å². The lowest BCUT2D eigenvalue weighted by Gasteiger charge is -2.26. The van der Waals surface area contributed by atoms with Crippen molar-refractivity contribution in [3.8, 4) is 17.0 Å². The molecule has 0 fully saturated rings. The highest BCUT2D eigenvalue weighted by Crippen LogP contribution is 2.43. The number of hydrogen-bond donors (Lipinski definition) is 1. The number of aromatic amines is 1. The molecule has 5 rings (SSSR count). The van der Waals surface area contributed by atoms with Gasteiger partial charge in [-0.05, 0) is 53.6 Å². The summed E-state index contributed by atoms with van der Waals surface area (Å²) in [6.07, 6.45) is 3.52. The Balaban J connectivity index is 1.63. The molecule has 1 amide bonds. The van der Waals surface area contributed by atoms with Gasteiger partial charge in [-0.2, -0.15) is 5.10 Å². The third kappa shape index (κ3) is 3.51. The van der Waals surface area contributed by atoms with Crippen LogP contribution in [0.4, 0.5) is 0 Å². The summed E-state index contributed by atoms with van der Waals surface area (Å²) in [6, 6.07) is 19.4. The lowest BCUT2D eigenvalue weighted by atomic mass is 9.96. The van der Waals surface area contributed by atoms with Crippen molar-refractivity contribution in [2.24, 2.45) is 0 Å². The van der Waals surface area contributed by atoms with E-state index in [1.54, 1.807) is 19.5 Å². The summed E-state index contributed by atoms with van der Waals surface area (Å²) in [4.78, 5) is 19.5. The van der Waals surface area contributed by atoms with Crippen LogP contribution in [-0.4, -0.2) is 33.1 Å². The lowest BCUT2D eigenvalue weighted by Crippen LogP contribution is -2.29. The Morgan fingerprint density at radius 2 is 1.87 bits per heavy atom. The molecule has 0 saturated heterocycles. The number of rotatable bonds is 5. The largest absolute Gasteiger partial charge is 0.497 e. The Morgan fingerprint density at radius 1 is 1.10 bits per heavy atom. The van der Waals surface area contributed by atoms with E-state index in [1.165, 1.54) is 0 Å². The van der Waals surface area contributed by atoms with E-state index in [9.17, 15) is 4.79 Å². The molecule has 7 heteroatoms. The van der Waals surface area contributed by atoms with Gasteiger partial charge >= 0.3 is 0 Å². The number of carbonyl (C=O) groups excluding carboxylic acids is 1. The van der Waals surface area contributed by atoms with Crippen LogP contribution in [-0.2, 0) is 6.54 Å². The fourth-order valence-electron chi connectivity index (χ4n) is 4.01. The number of amides is 1. The highest BCUT2D eigenvalue weighted by Gasteiger charge is 2.42. The molecule has 2 aromatic heterocycles. The van der Waals surface area contributed by atoms with Crippen LogP contribution in [0.1, 0.15) is 33.2 Å². The number of benzene rings is 2. The molecule has 6 nitrogen and oxygen atoms in total. The van der Waals surface area contributed by atoms with Crippen molar-refractivity contribution >= 4 is 21.8 Å². The smallest absolute Gasteiger partial charge is 0.273 e. The predicted molar refractivity (Wildman–Crippen MR) is 121 cm³/mol. The number of nitrogens with zero attached hydrogens (tertiary/aromatic N) is 3. The van der Waals surface area contributed by atoms with Gasteiger partial charge in [-0.25, -0.2) is 0 Å². The van der Waals surface area contributed by atoms with E-state index < -0.39 is 0 Å². The maximum atomic E-state index is 13.4. The molecule has 1 aliphatic heterocycles. The van der Waals surface area contributed by atoms with E-state index in [0.29, 0.717) is 12.2 Å². The fourth-order valence-corrected chi connectivity index (χ4v) is 4.27. The SMILES string of the molecule is COc1ccc(-c2n[nH]c3c2C(c2ccc(Br)cc2)N(Cc2cccnc2)C3=O)cc1. The van der Waals surface area contributed by atoms with E-state index in [0.717, 1.165) is 38.2 Å². The van der Waals surface area contributed by atoms with Crippen molar-refractivity contribution < 1.29 is 9.53 Å². The molecule has 0 aliphatic carbocycles. The predicted octanol–water partition coefficient (Wildman–Crippen LogP) is 4.99. The quantitative estimate of drug-likeness (QED) is 0.442. The van der Waals surface area contributed by atoms with Gasteiger partial charge in [-0.3, -0.25) is 14.9 Å². The molecule has 1 N–H and O–H groups in total. The van der Waals surface area contributed by atoms with Crippen molar-refractivity contribution in [2.75, 3.05) is 7.11 Å². The minimum absolute atomic E-state index is 0.0703. The molecule has 0 spiro atoms. The zero-order valence-corrected chi connectivity index (χ0v) is 18.3. The molecular weight excluding hydrogens is 456 g/mol. The highest BCUT2D eigenvalue weighted by molar-refractivity contribution is 9.10. The molecule has 0 radical (unpaired) electrons. The van der Waals surface area contributed by atoms with Gasteiger partial charge in [0, 0.05) is 34.5 Å². The van der Waals surface area contributed by atoms with Gasteiger partial charge in [-0.15, -0.1) is 0 Å². The number of nitrogens with one attached hydrogen (secondary N) is 1. The van der Waals surface area contributed by atoms with Crippen LogP contribution >= 0.6 is 15.9 Å². The Hall–Kier alpha value is -3.45. The number of hydrogen-bond acceptors (Lipinski definition) is 4. The number of H-pyrrole nitrogens is 1. The summed E-state index contributed by atoms with van der Waals surface area (Å²) in [5.74, 6) is 0.703. The molecule has 1 unspecified atom stereocenters. The molecule has 0 saturated carbocycles. The van der Waals surface area contributed by atoms with Gasteiger partial charge in [0.2, 0.25) is 0 Å². The second-order valence-corrected chi connectivity index (χ2v) is 8.25. The van der Waals surface area contributed by atoms with Crippen molar-refractivity contribution in [2.45, 2.75) is 12.6 Å². The van der Waals surface area contributed by atoms with Crippen LogP contribution in [0.2, 0.25) is 0 Å². The average Bonchev–Trinajstić information content (AvgIpc) is 3.35. The number of halogens is 1. The van der Waals surface area contributed by atoms with Gasteiger partial charge in [0.1, 0.15) is 11.4 Å². The number of aromatic nitrogens is 3. The molecule has 0 bridgehead atoms. The first kappa shape index (κ1) is 19.5. The average molecular weight is 475 g/mol. The van der Waals surface area contributed by atoms with Crippen molar-refractivity contribution in [3.63, 3.8) is 0 Å². The van der Waals surface area contributed by atoms with Crippen LogP contribution in [0, 0.1) is 0 Å². The number of methoxy groups -OCH3 is 1. The standard InChI is InChI=1S/C24H19BrN4O2/c1-31-19-10-6-16(7-11-19)21-20-22(28-27-21)24(30)29(14-15-3-2-12-26-13-15)23(20)17-4-8-18(25)9-5-17/h2-13,23H,14H2,1H3,(H,27,28). The van der Waals surface area contributed by atoms with Gasteiger partial charge < -0.3 is 9.64 Å². The van der Waals surface area contributed by atoms with Gasteiger partial charge in [0.25, 0.3) is 5.91 Å². The first-order chi connectivity index (χ1) is 15.2. The number of pyridine rings is 1. The first-order valence-corrected chi connectivity index (χ1v) is 10.6. The fraction of sp³-hybridized carbons (Fsp3) is 0.125. The topological polar surface area (TPSA) is 71.1 Å².